The first-order chi connectivity index (χ1) is 9.54. The minimum absolute atomic E-state index is 0.0656. The summed E-state index contributed by atoms with van der Waals surface area (Å²) in [4.78, 5) is 15.8. The van der Waals surface area contributed by atoms with Crippen LogP contribution in [0.15, 0.2) is 24.5 Å². The van der Waals surface area contributed by atoms with Gasteiger partial charge >= 0.3 is 0 Å². The number of aromatic hydroxyl groups is 2. The third-order valence-electron chi connectivity index (χ3n) is 3.01. The molecule has 0 atom stereocenters. The van der Waals surface area contributed by atoms with Crippen LogP contribution in [0.1, 0.15) is 35.6 Å². The molecule has 0 unspecified atom stereocenters. The van der Waals surface area contributed by atoms with Crippen molar-refractivity contribution < 1.29 is 15.0 Å². The molecule has 0 spiro atoms. The summed E-state index contributed by atoms with van der Waals surface area (Å²) in [5.74, 6) is -0.440. The summed E-state index contributed by atoms with van der Waals surface area (Å²) in [5, 5.41) is 19.1. The van der Waals surface area contributed by atoms with Gasteiger partial charge in [-0.25, -0.2) is 4.98 Å². The molecule has 1 aromatic heterocycles. The molecule has 0 amide bonds. The second-order valence-corrected chi connectivity index (χ2v) is 4.37. The van der Waals surface area contributed by atoms with Crippen LogP contribution in [0, 0.1) is 0 Å². The van der Waals surface area contributed by atoms with Gasteiger partial charge < -0.3 is 14.8 Å². The lowest BCUT2D eigenvalue weighted by molar-refractivity contribution is 0.100. The third-order valence-corrected chi connectivity index (χ3v) is 3.01. The van der Waals surface area contributed by atoms with Crippen molar-refractivity contribution in [1.82, 2.24) is 9.55 Å². The van der Waals surface area contributed by atoms with Gasteiger partial charge in [0.15, 0.2) is 17.3 Å². The van der Waals surface area contributed by atoms with Crippen LogP contribution in [0.5, 0.6) is 11.5 Å². The molecule has 2 rings (SSSR count). The molecule has 2 N–H and O–H groups in total. The third kappa shape index (κ3) is 2.56. The lowest BCUT2D eigenvalue weighted by Gasteiger charge is -2.02. The molecule has 0 saturated heterocycles. The normalized spacial score (nSPS) is 11.1. The number of ketones is 1. The van der Waals surface area contributed by atoms with Crippen LogP contribution in [0.25, 0.3) is 12.2 Å². The van der Waals surface area contributed by atoms with Crippen molar-refractivity contribution in [3.63, 3.8) is 0 Å². The summed E-state index contributed by atoms with van der Waals surface area (Å²) in [6, 6.07) is 4.69. The molecule has 0 aliphatic carbocycles. The smallest absolute Gasteiger partial charge is 0.178 e. The lowest BCUT2D eigenvalue weighted by atomic mass is 10.1. The highest BCUT2D eigenvalue weighted by atomic mass is 16.3. The van der Waals surface area contributed by atoms with Gasteiger partial charge in [0.05, 0.1) is 12.0 Å². The Morgan fingerprint density at radius 3 is 2.75 bits per heavy atom. The van der Waals surface area contributed by atoms with Crippen molar-refractivity contribution in [3.8, 4) is 11.5 Å². The van der Waals surface area contributed by atoms with E-state index in [2.05, 4.69) is 4.98 Å². The predicted octanol–water partition coefficient (Wildman–Crippen LogP) is 2.69. The van der Waals surface area contributed by atoms with E-state index < -0.39 is 0 Å². The number of para-hydroxylation sites is 1. The number of aromatic nitrogens is 2. The zero-order chi connectivity index (χ0) is 14.7. The number of phenolic OH excluding ortho intramolecular Hbond substituents is 2. The number of aryl methyl sites for hydroxylation is 1. The predicted molar refractivity (Wildman–Crippen MR) is 76.6 cm³/mol. The molecule has 0 bridgehead atoms. The van der Waals surface area contributed by atoms with E-state index in [9.17, 15) is 15.0 Å². The molecule has 5 nitrogen and oxygen atoms in total. The Kier molecular flexibility index (Phi) is 3.89. The average Bonchev–Trinajstić information content (AvgIpc) is 2.83. The quantitative estimate of drug-likeness (QED) is 0.662. The number of hydrogen-bond donors (Lipinski definition) is 2. The summed E-state index contributed by atoms with van der Waals surface area (Å²) in [5.41, 5.74) is 1.54. The number of Topliss-reactive ketones (excluding diaryl/α,β-unsaturated/α-hetero) is 1. The number of benzene rings is 1. The minimum Gasteiger partial charge on any atom is -0.504 e. The van der Waals surface area contributed by atoms with E-state index in [1.54, 1.807) is 35.2 Å². The van der Waals surface area contributed by atoms with Crippen LogP contribution in [-0.4, -0.2) is 25.5 Å². The van der Waals surface area contributed by atoms with Crippen molar-refractivity contribution in [3.05, 3.63) is 41.5 Å². The number of rotatable bonds is 4. The molecule has 2 aromatic rings. The van der Waals surface area contributed by atoms with Gasteiger partial charge in [0.2, 0.25) is 0 Å². The SMILES string of the molecule is CCn1cnc(/C=C/c2cccc(O)c2O)c1C(C)=O. The number of nitrogens with zero attached hydrogens (tertiary/aromatic N) is 2. The van der Waals surface area contributed by atoms with E-state index in [0.717, 1.165) is 0 Å². The van der Waals surface area contributed by atoms with Crippen LogP contribution in [0.3, 0.4) is 0 Å². The number of phenols is 2. The summed E-state index contributed by atoms with van der Waals surface area (Å²) in [6.45, 7) is 4.09. The molecule has 0 aliphatic rings. The fraction of sp³-hybridized carbons (Fsp3) is 0.200. The fourth-order valence-electron chi connectivity index (χ4n) is 1.99. The Balaban J connectivity index is 2.39. The van der Waals surface area contributed by atoms with Gasteiger partial charge in [-0.1, -0.05) is 12.1 Å². The lowest BCUT2D eigenvalue weighted by Crippen LogP contribution is -2.05. The van der Waals surface area contributed by atoms with Crippen LogP contribution >= 0.6 is 0 Å². The first-order valence-electron chi connectivity index (χ1n) is 6.29. The maximum Gasteiger partial charge on any atom is 0.178 e. The van der Waals surface area contributed by atoms with E-state index in [1.807, 2.05) is 6.92 Å². The first kappa shape index (κ1) is 13.9. The van der Waals surface area contributed by atoms with Gasteiger partial charge in [0.1, 0.15) is 5.69 Å². The van der Waals surface area contributed by atoms with Crippen LogP contribution in [0.4, 0.5) is 0 Å². The van der Waals surface area contributed by atoms with Crippen molar-refractivity contribution >= 4 is 17.9 Å². The molecule has 1 heterocycles. The molecular formula is C15H16N2O3. The molecular weight excluding hydrogens is 256 g/mol. The van der Waals surface area contributed by atoms with E-state index in [-0.39, 0.29) is 17.3 Å². The molecule has 0 radical (unpaired) electrons. The number of carbonyl (C=O) groups excluding carboxylic acids is 1. The maximum absolute atomic E-state index is 11.7. The number of hydrogen-bond acceptors (Lipinski definition) is 4. The van der Waals surface area contributed by atoms with Crippen molar-refractivity contribution in [1.29, 1.82) is 0 Å². The largest absolute Gasteiger partial charge is 0.504 e. The van der Waals surface area contributed by atoms with E-state index >= 15 is 0 Å². The summed E-state index contributed by atoms with van der Waals surface area (Å²) in [6.07, 6.45) is 4.87. The van der Waals surface area contributed by atoms with E-state index in [0.29, 0.717) is 23.5 Å². The van der Waals surface area contributed by atoms with E-state index in [4.69, 9.17) is 0 Å². The van der Waals surface area contributed by atoms with Crippen LogP contribution < -0.4 is 0 Å². The second kappa shape index (κ2) is 5.61. The molecule has 104 valence electrons. The summed E-state index contributed by atoms with van der Waals surface area (Å²) < 4.78 is 1.77. The first-order valence-corrected chi connectivity index (χ1v) is 6.29. The van der Waals surface area contributed by atoms with Gasteiger partial charge in [0.25, 0.3) is 0 Å². The van der Waals surface area contributed by atoms with Gasteiger partial charge in [-0.3, -0.25) is 4.79 Å². The Bertz CT molecular complexity index is 672. The zero-order valence-corrected chi connectivity index (χ0v) is 11.4. The highest BCUT2D eigenvalue weighted by Crippen LogP contribution is 2.29. The molecule has 0 aliphatic heterocycles. The molecule has 5 heteroatoms. The number of carbonyl (C=O) groups is 1. The van der Waals surface area contributed by atoms with Crippen LogP contribution in [0.2, 0.25) is 0 Å². The van der Waals surface area contributed by atoms with Gasteiger partial charge in [0, 0.05) is 19.0 Å². The Morgan fingerprint density at radius 2 is 2.10 bits per heavy atom. The topological polar surface area (TPSA) is 75.3 Å². The van der Waals surface area contributed by atoms with Crippen LogP contribution in [-0.2, 0) is 6.54 Å². The molecule has 20 heavy (non-hydrogen) atoms. The minimum atomic E-state index is -0.192. The van der Waals surface area contributed by atoms with Gasteiger partial charge in [-0.15, -0.1) is 0 Å². The average molecular weight is 272 g/mol. The molecule has 1 aromatic carbocycles. The standard InChI is InChI=1S/C15H16N2O3/c1-3-17-9-16-12(14(17)10(2)18)8-7-11-5-4-6-13(19)15(11)20/h4-9,19-20H,3H2,1-2H3/b8-7+. The maximum atomic E-state index is 11.7. The summed E-state index contributed by atoms with van der Waals surface area (Å²) >= 11 is 0. The summed E-state index contributed by atoms with van der Waals surface area (Å²) in [7, 11) is 0. The van der Waals surface area contributed by atoms with Gasteiger partial charge in [-0.2, -0.15) is 0 Å². The molecule has 0 fully saturated rings. The van der Waals surface area contributed by atoms with E-state index in [1.165, 1.54) is 13.0 Å². The second-order valence-electron chi connectivity index (χ2n) is 4.37. The number of imidazole rings is 1. The van der Waals surface area contributed by atoms with Crippen molar-refractivity contribution in [2.24, 2.45) is 0 Å². The Hall–Kier alpha value is -2.56. The highest BCUT2D eigenvalue weighted by molar-refractivity contribution is 5.96. The molecule has 0 saturated carbocycles. The van der Waals surface area contributed by atoms with Gasteiger partial charge in [-0.05, 0) is 25.1 Å². The fourth-order valence-corrected chi connectivity index (χ4v) is 1.99. The monoisotopic (exact) mass is 272 g/mol. The van der Waals surface area contributed by atoms with Crippen molar-refractivity contribution in [2.45, 2.75) is 20.4 Å². The highest BCUT2D eigenvalue weighted by Gasteiger charge is 2.12. The Labute approximate surface area is 116 Å². The van der Waals surface area contributed by atoms with Crippen molar-refractivity contribution in [2.75, 3.05) is 0 Å². The zero-order valence-electron chi connectivity index (χ0n) is 11.4. The Morgan fingerprint density at radius 1 is 1.35 bits per heavy atom.